The molecule has 0 amide bonds. The van der Waals surface area contributed by atoms with Crippen LogP contribution in [0.4, 0.5) is 0 Å². The molecule has 0 aliphatic carbocycles. The second kappa shape index (κ2) is 2.28. The summed E-state index contributed by atoms with van der Waals surface area (Å²) in [6, 6.07) is 4.86. The number of benzene rings is 1. The smallest absolute Gasteiger partial charge is 0.183 e. The van der Waals surface area contributed by atoms with Gasteiger partial charge in [-0.1, -0.05) is 17.7 Å². The van der Waals surface area contributed by atoms with Crippen LogP contribution in [0.15, 0.2) is 18.2 Å². The van der Waals surface area contributed by atoms with Gasteiger partial charge in [-0.15, -0.1) is 0 Å². The molecule has 0 saturated carbocycles. The average Bonchev–Trinajstić information content (AvgIpc) is 1.83. The van der Waals surface area contributed by atoms with E-state index in [0.29, 0.717) is 10.6 Å². The summed E-state index contributed by atoms with van der Waals surface area (Å²) in [5, 5.41) is 11.3. The van der Waals surface area contributed by atoms with E-state index in [2.05, 4.69) is 0 Å². The minimum absolute atomic E-state index is 0.00231. The van der Waals surface area contributed by atoms with E-state index < -0.39 is 0 Å². The van der Waals surface area contributed by atoms with Gasteiger partial charge in [0.15, 0.2) is 5.75 Å². The molecule has 0 unspecified atom stereocenters. The largest absolute Gasteiger partial charge is 0.290 e. The van der Waals surface area contributed by atoms with Gasteiger partial charge in [0.2, 0.25) is 0 Å². The highest BCUT2D eigenvalue weighted by atomic mass is 35.5. The van der Waals surface area contributed by atoms with Crippen LogP contribution in [0.5, 0.6) is 5.75 Å². The van der Waals surface area contributed by atoms with Gasteiger partial charge in [0, 0.05) is 10.6 Å². The molecule has 0 atom stereocenters. The summed E-state index contributed by atoms with van der Waals surface area (Å²) in [6.45, 7) is 1.71. The van der Waals surface area contributed by atoms with Crippen LogP contribution >= 0.6 is 11.6 Å². The number of hydrogen-bond donors (Lipinski definition) is 0. The van der Waals surface area contributed by atoms with Crippen molar-refractivity contribution in [2.75, 3.05) is 0 Å². The Morgan fingerprint density at radius 2 is 2.11 bits per heavy atom. The predicted octanol–water partition coefficient (Wildman–Crippen LogP) is 2.79. The summed E-state index contributed by atoms with van der Waals surface area (Å²) in [5.74, 6) is 0.00231. The fourth-order valence-electron chi connectivity index (χ4n) is 0.588. The van der Waals surface area contributed by atoms with Crippen molar-refractivity contribution in [1.29, 1.82) is 0 Å². The van der Waals surface area contributed by atoms with Gasteiger partial charge in [-0.05, 0) is 19.1 Å². The standard InChI is InChI=1S/C7H6ClO/c1-5-6(8)3-2-4-7(5)9/h2-4H,1H3. The molecule has 1 aromatic rings. The van der Waals surface area contributed by atoms with Gasteiger partial charge in [0.25, 0.3) is 0 Å². The number of hydrogen-bond acceptors (Lipinski definition) is 0. The lowest BCUT2D eigenvalue weighted by molar-refractivity contribution is 0.352. The molecule has 0 aliphatic rings. The zero-order chi connectivity index (χ0) is 6.85. The Bertz CT molecular complexity index is 200. The monoisotopic (exact) mass is 141 g/mol. The van der Waals surface area contributed by atoms with E-state index in [9.17, 15) is 5.11 Å². The van der Waals surface area contributed by atoms with Gasteiger partial charge in [-0.3, -0.25) is 5.11 Å². The van der Waals surface area contributed by atoms with Gasteiger partial charge in [0.1, 0.15) is 0 Å². The molecule has 0 spiro atoms. The molecule has 0 heterocycles. The quantitative estimate of drug-likeness (QED) is 0.530. The number of rotatable bonds is 0. The maximum Gasteiger partial charge on any atom is 0.183 e. The summed E-state index contributed by atoms with van der Waals surface area (Å²) in [5.41, 5.74) is 0.624. The molecule has 0 saturated heterocycles. The van der Waals surface area contributed by atoms with Crippen LogP contribution in [-0.2, 0) is 5.11 Å². The van der Waals surface area contributed by atoms with Crippen molar-refractivity contribution in [3.05, 3.63) is 28.8 Å². The Morgan fingerprint density at radius 3 is 2.56 bits per heavy atom. The van der Waals surface area contributed by atoms with Crippen LogP contribution in [-0.4, -0.2) is 0 Å². The summed E-state index contributed by atoms with van der Waals surface area (Å²) in [4.78, 5) is 0. The Balaban J connectivity index is 3.25. The highest BCUT2D eigenvalue weighted by Gasteiger charge is 1.98. The fourth-order valence-corrected chi connectivity index (χ4v) is 0.754. The molecule has 1 radical (unpaired) electrons. The van der Waals surface area contributed by atoms with Crippen LogP contribution in [0.25, 0.3) is 0 Å². The minimum Gasteiger partial charge on any atom is -0.290 e. The summed E-state index contributed by atoms with van der Waals surface area (Å²) in [7, 11) is 0. The van der Waals surface area contributed by atoms with Crippen LogP contribution in [0.1, 0.15) is 5.56 Å². The van der Waals surface area contributed by atoms with Crippen molar-refractivity contribution in [2.24, 2.45) is 0 Å². The molecular weight excluding hydrogens is 136 g/mol. The molecule has 1 aromatic carbocycles. The molecule has 0 bridgehead atoms. The van der Waals surface area contributed by atoms with Crippen LogP contribution in [0, 0.1) is 6.92 Å². The topological polar surface area (TPSA) is 19.9 Å². The summed E-state index contributed by atoms with van der Waals surface area (Å²) >= 11 is 5.61. The zero-order valence-corrected chi connectivity index (χ0v) is 5.77. The average molecular weight is 142 g/mol. The van der Waals surface area contributed by atoms with E-state index in [-0.39, 0.29) is 5.75 Å². The SMILES string of the molecule is Cc1c([O])cccc1Cl. The number of halogens is 1. The molecule has 0 fully saturated rings. The molecule has 0 N–H and O–H groups in total. The molecular formula is C7H6ClO. The van der Waals surface area contributed by atoms with Gasteiger partial charge in [-0.2, -0.15) is 0 Å². The van der Waals surface area contributed by atoms with Gasteiger partial charge in [0.05, 0.1) is 0 Å². The summed E-state index contributed by atoms with van der Waals surface area (Å²) < 4.78 is 0. The first-order chi connectivity index (χ1) is 4.22. The normalized spacial score (nSPS) is 9.56. The highest BCUT2D eigenvalue weighted by molar-refractivity contribution is 6.31. The lowest BCUT2D eigenvalue weighted by Gasteiger charge is -1.94. The maximum absolute atomic E-state index is 10.8. The first kappa shape index (κ1) is 6.43. The molecule has 2 heteroatoms. The molecule has 9 heavy (non-hydrogen) atoms. The third kappa shape index (κ3) is 1.16. The molecule has 47 valence electrons. The third-order valence-corrected chi connectivity index (χ3v) is 1.63. The Morgan fingerprint density at radius 1 is 1.44 bits per heavy atom. The Kier molecular flexibility index (Phi) is 1.63. The van der Waals surface area contributed by atoms with Crippen molar-refractivity contribution in [1.82, 2.24) is 0 Å². The van der Waals surface area contributed by atoms with Crippen molar-refractivity contribution in [3.63, 3.8) is 0 Å². The predicted molar refractivity (Wildman–Crippen MR) is 36.3 cm³/mol. The van der Waals surface area contributed by atoms with E-state index in [1.807, 2.05) is 0 Å². The van der Waals surface area contributed by atoms with Gasteiger partial charge < -0.3 is 0 Å². The van der Waals surface area contributed by atoms with E-state index >= 15 is 0 Å². The fraction of sp³-hybridized carbons (Fsp3) is 0.143. The van der Waals surface area contributed by atoms with E-state index in [1.165, 1.54) is 6.07 Å². The lowest BCUT2D eigenvalue weighted by Crippen LogP contribution is -1.72. The van der Waals surface area contributed by atoms with E-state index in [1.54, 1.807) is 19.1 Å². The minimum atomic E-state index is 0.00231. The maximum atomic E-state index is 10.8. The third-order valence-electron chi connectivity index (χ3n) is 1.22. The first-order valence-electron chi connectivity index (χ1n) is 2.64. The highest BCUT2D eigenvalue weighted by Crippen LogP contribution is 2.23. The van der Waals surface area contributed by atoms with E-state index in [4.69, 9.17) is 11.6 Å². The first-order valence-corrected chi connectivity index (χ1v) is 3.02. The molecule has 1 nitrogen and oxygen atoms in total. The molecule has 1 rings (SSSR count). The Hall–Kier alpha value is -0.690. The second-order valence-corrected chi connectivity index (χ2v) is 2.27. The Labute approximate surface area is 58.9 Å². The van der Waals surface area contributed by atoms with Crippen molar-refractivity contribution < 1.29 is 5.11 Å². The summed E-state index contributed by atoms with van der Waals surface area (Å²) in [6.07, 6.45) is 0. The molecule has 0 aromatic heterocycles. The van der Waals surface area contributed by atoms with Gasteiger partial charge in [-0.25, -0.2) is 0 Å². The lowest BCUT2D eigenvalue weighted by atomic mass is 10.2. The molecule has 0 aliphatic heterocycles. The van der Waals surface area contributed by atoms with Crippen LogP contribution in [0.3, 0.4) is 0 Å². The van der Waals surface area contributed by atoms with Crippen LogP contribution < -0.4 is 0 Å². The van der Waals surface area contributed by atoms with Crippen molar-refractivity contribution >= 4 is 11.6 Å². The second-order valence-electron chi connectivity index (χ2n) is 1.86. The van der Waals surface area contributed by atoms with Crippen molar-refractivity contribution in [3.8, 4) is 5.75 Å². The van der Waals surface area contributed by atoms with Crippen molar-refractivity contribution in [2.45, 2.75) is 6.92 Å². The van der Waals surface area contributed by atoms with E-state index in [0.717, 1.165) is 0 Å². The zero-order valence-electron chi connectivity index (χ0n) is 5.02. The van der Waals surface area contributed by atoms with Crippen LogP contribution in [0.2, 0.25) is 5.02 Å². The van der Waals surface area contributed by atoms with Gasteiger partial charge >= 0.3 is 0 Å².